The Morgan fingerprint density at radius 1 is 0.141 bits per heavy atom. The highest BCUT2D eigenvalue weighted by Crippen LogP contribution is 2.51. The molecule has 0 saturated carbocycles. The van der Waals surface area contributed by atoms with Crippen molar-refractivity contribution in [2.75, 3.05) is 52.9 Å². The smallest absolute Gasteiger partial charge is 0.161 e. The topological polar surface area (TPSA) is 73.8 Å². The highest BCUT2D eigenvalue weighted by atomic mass is 16.5. The van der Waals surface area contributed by atoms with Gasteiger partial charge < -0.3 is 37.9 Å². The van der Waals surface area contributed by atoms with Crippen molar-refractivity contribution in [3.05, 3.63) is 109 Å². The van der Waals surface area contributed by atoms with Crippen LogP contribution in [0.5, 0.6) is 46.0 Å². The van der Waals surface area contributed by atoms with E-state index in [9.17, 15) is 0 Å². The minimum absolute atomic E-state index is 0.635. The van der Waals surface area contributed by atoms with Crippen LogP contribution in [0, 0.1) is 0 Å². The van der Waals surface area contributed by atoms with Gasteiger partial charge in [0.2, 0.25) is 0 Å². The summed E-state index contributed by atoms with van der Waals surface area (Å²) in [4.78, 5) is 0. The van der Waals surface area contributed by atoms with Crippen LogP contribution in [0.25, 0.3) is 76.8 Å². The fraction of sp³-hybridized carbons (Fsp3) is 0.667. The van der Waals surface area contributed by atoms with Crippen molar-refractivity contribution < 1.29 is 37.9 Å². The van der Waals surface area contributed by atoms with Crippen LogP contribution in [0.2, 0.25) is 0 Å². The monoisotopic (exact) mass is 1760 g/mol. The Bertz CT molecular complexity index is 3830. The third-order valence-electron chi connectivity index (χ3n) is 27.0. The summed E-state index contributed by atoms with van der Waals surface area (Å²) in [6.07, 6.45) is 79.7. The molecule has 0 saturated heterocycles. The summed E-state index contributed by atoms with van der Waals surface area (Å²) in [5.74, 6) is 6.57. The fourth-order valence-corrected chi connectivity index (χ4v) is 18.9. The van der Waals surface area contributed by atoms with Crippen LogP contribution < -0.4 is 37.9 Å². The fourth-order valence-electron chi connectivity index (χ4n) is 18.9. The van der Waals surface area contributed by atoms with Crippen molar-refractivity contribution in [1.29, 1.82) is 0 Å². The lowest BCUT2D eigenvalue weighted by Gasteiger charge is -2.22. The predicted molar refractivity (Wildman–Crippen MR) is 557 cm³/mol. The lowest BCUT2D eigenvalue weighted by atomic mass is 9.84. The quantitative estimate of drug-likeness (QED) is 0.0276. The lowest BCUT2D eigenvalue weighted by Crippen LogP contribution is -2.05. The number of unbranched alkanes of at least 4 members (excludes halogenated alkanes) is 56. The van der Waals surface area contributed by atoms with Crippen molar-refractivity contribution in [2.45, 2.75) is 466 Å². The maximum atomic E-state index is 7.19. The van der Waals surface area contributed by atoms with E-state index in [0.29, 0.717) is 52.9 Å². The highest BCUT2D eigenvalue weighted by Gasteiger charge is 2.25. The number of ether oxygens (including phenoxy) is 8. The molecule has 0 heterocycles. The molecule has 8 aromatic carbocycles. The van der Waals surface area contributed by atoms with E-state index in [-0.39, 0.29) is 0 Å². The zero-order valence-electron chi connectivity index (χ0n) is 83.6. The Kier molecular flexibility index (Phi) is 57.5. The van der Waals surface area contributed by atoms with E-state index in [4.69, 9.17) is 37.9 Å². The predicted octanol–water partition coefficient (Wildman–Crippen LogP) is 39.4. The van der Waals surface area contributed by atoms with Crippen LogP contribution in [0.3, 0.4) is 0 Å². The van der Waals surface area contributed by atoms with Gasteiger partial charge in [-0.25, -0.2) is 0 Å². The van der Waals surface area contributed by atoms with Crippen LogP contribution in [0.1, 0.15) is 466 Å². The normalized spacial score (nSPS) is 11.7. The third kappa shape index (κ3) is 40.3. The van der Waals surface area contributed by atoms with E-state index >= 15 is 0 Å². The van der Waals surface area contributed by atoms with Gasteiger partial charge in [0, 0.05) is 0 Å². The Morgan fingerprint density at radius 3 is 0.523 bits per heavy atom. The third-order valence-corrected chi connectivity index (χ3v) is 27.0. The molecule has 0 aromatic heterocycles. The molecule has 0 unspecified atom stereocenters. The van der Waals surface area contributed by atoms with Gasteiger partial charge in [-0.15, -0.1) is 0 Å². The SMILES string of the molecule is CCCCCCCCCCOc1ccc(-c2cc(OCCCCCCCCCC)c(OCCCCCCCCCC)cc2-c2ccc3ccc4ccc(-c5cc(OCCCCCCCCCC)c(OCCCCCCCCCC)cc5-c5ccc(OCCCCCCCCCC)c(OCCCCCCCCCC)c5)c5ccc2c3c45)cc1OCCCCCCCCCC. The van der Waals surface area contributed by atoms with E-state index in [2.05, 4.69) is 165 Å². The van der Waals surface area contributed by atoms with Gasteiger partial charge in [0.05, 0.1) is 52.9 Å². The number of hydrogen-bond donors (Lipinski definition) is 0. The number of benzene rings is 8. The summed E-state index contributed by atoms with van der Waals surface area (Å²) in [6, 6.07) is 42.1. The lowest BCUT2D eigenvalue weighted by molar-refractivity contribution is 0.258. The molecule has 8 heteroatoms. The van der Waals surface area contributed by atoms with Gasteiger partial charge in [0.1, 0.15) is 0 Å². The van der Waals surface area contributed by atoms with Gasteiger partial charge >= 0.3 is 0 Å². The zero-order valence-corrected chi connectivity index (χ0v) is 83.6. The van der Waals surface area contributed by atoms with Crippen LogP contribution in [0.15, 0.2) is 109 Å². The van der Waals surface area contributed by atoms with Gasteiger partial charge in [-0.1, -0.05) is 476 Å². The van der Waals surface area contributed by atoms with Gasteiger partial charge in [-0.3, -0.25) is 0 Å². The molecule has 0 bridgehead atoms. The van der Waals surface area contributed by atoms with Crippen molar-refractivity contribution in [1.82, 2.24) is 0 Å². The van der Waals surface area contributed by atoms with Crippen molar-refractivity contribution in [3.8, 4) is 90.5 Å². The summed E-state index contributed by atoms with van der Waals surface area (Å²) >= 11 is 0. The summed E-state index contributed by atoms with van der Waals surface area (Å²) in [7, 11) is 0. The second-order valence-electron chi connectivity index (χ2n) is 38.2. The summed E-state index contributed by atoms with van der Waals surface area (Å²) in [6.45, 7) is 23.6. The first-order chi connectivity index (χ1) is 63.4. The van der Waals surface area contributed by atoms with E-state index in [1.54, 1.807) is 0 Å². The first-order valence-corrected chi connectivity index (χ1v) is 54.8. The first-order valence-electron chi connectivity index (χ1n) is 54.8. The molecule has 8 aromatic rings. The van der Waals surface area contributed by atoms with Crippen LogP contribution in [-0.2, 0) is 0 Å². The Balaban J connectivity index is 1.29. The molecule has 0 radical (unpaired) electrons. The summed E-state index contributed by atoms with van der Waals surface area (Å²) in [5.41, 5.74) is 8.90. The van der Waals surface area contributed by atoms with E-state index < -0.39 is 0 Å². The molecule has 0 spiro atoms. The molecule has 128 heavy (non-hydrogen) atoms. The van der Waals surface area contributed by atoms with Gasteiger partial charge in [-0.05, 0) is 177 Å². The molecule has 714 valence electrons. The molecule has 8 rings (SSSR count). The van der Waals surface area contributed by atoms with E-state index in [1.165, 1.54) is 353 Å². The summed E-state index contributed by atoms with van der Waals surface area (Å²) < 4.78 is 56.4. The van der Waals surface area contributed by atoms with Gasteiger partial charge in [0.25, 0.3) is 0 Å². The van der Waals surface area contributed by atoms with Gasteiger partial charge in [0.15, 0.2) is 46.0 Å². The second kappa shape index (κ2) is 69.1. The second-order valence-corrected chi connectivity index (χ2v) is 38.2. The molecular weight excluding hydrogens is 1570 g/mol. The molecule has 0 aliphatic carbocycles. The molecular formula is C120H186O8. The Labute approximate surface area is 784 Å². The molecule has 0 N–H and O–H groups in total. The molecule has 0 atom stereocenters. The summed E-state index contributed by atoms with van der Waals surface area (Å²) in [5, 5.41) is 7.36. The average molecular weight is 1760 g/mol. The first kappa shape index (κ1) is 107. The van der Waals surface area contributed by atoms with Crippen LogP contribution in [-0.4, -0.2) is 52.9 Å². The van der Waals surface area contributed by atoms with E-state index in [1.807, 2.05) is 0 Å². The molecule has 0 amide bonds. The van der Waals surface area contributed by atoms with Crippen LogP contribution in [0.4, 0.5) is 0 Å². The highest BCUT2D eigenvalue weighted by molar-refractivity contribution is 6.28. The van der Waals surface area contributed by atoms with Crippen molar-refractivity contribution >= 4 is 32.3 Å². The van der Waals surface area contributed by atoms with Crippen LogP contribution >= 0.6 is 0 Å². The Morgan fingerprint density at radius 2 is 0.312 bits per heavy atom. The number of rotatable bonds is 84. The van der Waals surface area contributed by atoms with Crippen molar-refractivity contribution in [3.63, 3.8) is 0 Å². The van der Waals surface area contributed by atoms with E-state index in [0.717, 1.165) is 180 Å². The Hall–Kier alpha value is -6.80. The molecule has 0 aliphatic rings. The molecule has 0 aliphatic heterocycles. The maximum absolute atomic E-state index is 7.19. The van der Waals surface area contributed by atoms with Gasteiger partial charge in [-0.2, -0.15) is 0 Å². The molecule has 0 fully saturated rings. The average Bonchev–Trinajstić information content (AvgIpc) is 0.718. The minimum atomic E-state index is 0.635. The number of hydrogen-bond acceptors (Lipinski definition) is 8. The molecule has 8 nitrogen and oxygen atoms in total. The minimum Gasteiger partial charge on any atom is -0.490 e. The maximum Gasteiger partial charge on any atom is 0.161 e. The zero-order chi connectivity index (χ0) is 90.0. The largest absolute Gasteiger partial charge is 0.490 e. The standard InChI is InChI=1S/C120H186O8/c1-9-17-25-33-41-49-57-65-85-121-111-83-77-101(93-113(111)123-87-67-59-51-43-35-27-19-11-3)107-95-115(125-89-69-61-53-45-37-29-21-13-5)117(127-91-71-63-55-47-39-31-23-15-7)97-109(107)103-79-75-99-73-74-100-76-80-104(106-82-81-105(103)119(99)120(100)106)110-98-118(128-92-72-64-56-48-40-32-24-16-8)116(126-90-70-62-54-46-38-30-22-14-6)96-108(110)102-78-84-112(122-86-66-58-50-42-34-26-18-10-2)114(94-102)124-88-68-60-52-44-36-28-20-12-4/h73-84,93-98H,9-72,85-92H2,1-8H3. The van der Waals surface area contributed by atoms with Crippen molar-refractivity contribution in [2.24, 2.45) is 0 Å².